The monoisotopic (exact) mass is 215 g/mol. The topological polar surface area (TPSA) is 49.8 Å². The van der Waals surface area contributed by atoms with Crippen LogP contribution in [-0.4, -0.2) is 48.3 Å². The molecule has 15 heavy (non-hydrogen) atoms. The number of methoxy groups -OCH3 is 1. The van der Waals surface area contributed by atoms with Gasteiger partial charge in [-0.2, -0.15) is 0 Å². The average Bonchev–Trinajstić information content (AvgIpc) is 2.42. The van der Waals surface area contributed by atoms with E-state index in [4.69, 9.17) is 4.74 Å². The van der Waals surface area contributed by atoms with E-state index in [1.165, 1.54) is 7.11 Å². The molecule has 0 spiro atoms. The van der Waals surface area contributed by atoms with Gasteiger partial charge >= 0.3 is 5.97 Å². The third-order valence-electron chi connectivity index (χ3n) is 2.80. The first-order valence-electron chi connectivity index (χ1n) is 5.36. The molecule has 0 bridgehead atoms. The van der Waals surface area contributed by atoms with E-state index < -0.39 is 5.60 Å². The fourth-order valence-corrected chi connectivity index (χ4v) is 2.20. The Kier molecular flexibility index (Phi) is 3.73. The summed E-state index contributed by atoms with van der Waals surface area (Å²) in [7, 11) is 1.42. The number of hydrogen-bond donors (Lipinski definition) is 1. The SMILES string of the molecule is COC(=O)C1CN(CC(C)(C)O)CC1C. The smallest absolute Gasteiger partial charge is 0.310 e. The van der Waals surface area contributed by atoms with Crippen molar-refractivity contribution in [2.75, 3.05) is 26.7 Å². The molecule has 88 valence electrons. The van der Waals surface area contributed by atoms with Crippen LogP contribution in [0.2, 0.25) is 0 Å². The van der Waals surface area contributed by atoms with Crippen LogP contribution in [0.4, 0.5) is 0 Å². The van der Waals surface area contributed by atoms with Crippen molar-refractivity contribution in [3.05, 3.63) is 0 Å². The van der Waals surface area contributed by atoms with Gasteiger partial charge in [-0.1, -0.05) is 6.92 Å². The Morgan fingerprint density at radius 3 is 2.60 bits per heavy atom. The van der Waals surface area contributed by atoms with Crippen molar-refractivity contribution >= 4 is 5.97 Å². The maximum atomic E-state index is 11.4. The van der Waals surface area contributed by atoms with Crippen LogP contribution in [0.15, 0.2) is 0 Å². The number of carbonyl (C=O) groups is 1. The predicted octanol–water partition coefficient (Wildman–Crippen LogP) is 0.498. The molecule has 0 aromatic heterocycles. The second-order valence-electron chi connectivity index (χ2n) is 5.11. The molecule has 4 heteroatoms. The fourth-order valence-electron chi connectivity index (χ4n) is 2.20. The summed E-state index contributed by atoms with van der Waals surface area (Å²) in [5, 5.41) is 9.69. The van der Waals surface area contributed by atoms with E-state index in [9.17, 15) is 9.90 Å². The molecular weight excluding hydrogens is 194 g/mol. The maximum Gasteiger partial charge on any atom is 0.310 e. The van der Waals surface area contributed by atoms with Crippen LogP contribution in [0.1, 0.15) is 20.8 Å². The fraction of sp³-hybridized carbons (Fsp3) is 0.909. The van der Waals surface area contributed by atoms with Crippen LogP contribution in [-0.2, 0) is 9.53 Å². The van der Waals surface area contributed by atoms with Gasteiger partial charge in [-0.3, -0.25) is 9.69 Å². The van der Waals surface area contributed by atoms with E-state index in [1.54, 1.807) is 13.8 Å². The Morgan fingerprint density at radius 2 is 2.13 bits per heavy atom. The number of aliphatic hydroxyl groups is 1. The van der Waals surface area contributed by atoms with E-state index in [0.29, 0.717) is 19.0 Å². The molecule has 0 amide bonds. The summed E-state index contributed by atoms with van der Waals surface area (Å²) in [4.78, 5) is 13.5. The zero-order valence-corrected chi connectivity index (χ0v) is 9.99. The van der Waals surface area contributed by atoms with E-state index in [2.05, 4.69) is 4.90 Å². The van der Waals surface area contributed by atoms with E-state index >= 15 is 0 Å². The first-order chi connectivity index (χ1) is 6.83. The van der Waals surface area contributed by atoms with Gasteiger partial charge in [-0.15, -0.1) is 0 Å². The third-order valence-corrected chi connectivity index (χ3v) is 2.80. The lowest BCUT2D eigenvalue weighted by atomic mass is 9.99. The van der Waals surface area contributed by atoms with Gasteiger partial charge in [0.2, 0.25) is 0 Å². The summed E-state index contributed by atoms with van der Waals surface area (Å²) in [6, 6.07) is 0. The Labute approximate surface area is 91.2 Å². The molecule has 1 fully saturated rings. The molecule has 0 radical (unpaired) electrons. The summed E-state index contributed by atoms with van der Waals surface area (Å²) < 4.78 is 4.75. The zero-order chi connectivity index (χ0) is 11.6. The molecule has 2 atom stereocenters. The highest BCUT2D eigenvalue weighted by Gasteiger charge is 2.36. The van der Waals surface area contributed by atoms with Crippen LogP contribution >= 0.6 is 0 Å². The van der Waals surface area contributed by atoms with Gasteiger partial charge in [0.15, 0.2) is 0 Å². The van der Waals surface area contributed by atoms with Crippen molar-refractivity contribution in [1.29, 1.82) is 0 Å². The first kappa shape index (κ1) is 12.5. The predicted molar refractivity (Wildman–Crippen MR) is 57.4 cm³/mol. The van der Waals surface area contributed by atoms with Crippen LogP contribution in [0.25, 0.3) is 0 Å². The van der Waals surface area contributed by atoms with Crippen molar-refractivity contribution in [2.24, 2.45) is 11.8 Å². The van der Waals surface area contributed by atoms with Crippen LogP contribution in [0.5, 0.6) is 0 Å². The second kappa shape index (κ2) is 4.49. The number of nitrogens with zero attached hydrogens (tertiary/aromatic N) is 1. The van der Waals surface area contributed by atoms with E-state index in [-0.39, 0.29) is 11.9 Å². The Hall–Kier alpha value is -0.610. The van der Waals surface area contributed by atoms with E-state index in [1.807, 2.05) is 6.92 Å². The normalized spacial score (nSPS) is 28.1. The van der Waals surface area contributed by atoms with Gasteiger partial charge in [-0.05, 0) is 19.8 Å². The molecule has 4 nitrogen and oxygen atoms in total. The van der Waals surface area contributed by atoms with Gasteiger partial charge < -0.3 is 9.84 Å². The molecule has 1 aliphatic rings. The zero-order valence-electron chi connectivity index (χ0n) is 9.99. The lowest BCUT2D eigenvalue weighted by Crippen LogP contribution is -2.37. The van der Waals surface area contributed by atoms with E-state index in [0.717, 1.165) is 6.54 Å². The number of hydrogen-bond acceptors (Lipinski definition) is 4. The summed E-state index contributed by atoms with van der Waals surface area (Å²) in [6.45, 7) is 7.75. The van der Waals surface area contributed by atoms with Gasteiger partial charge in [0.25, 0.3) is 0 Å². The van der Waals surface area contributed by atoms with Crippen molar-refractivity contribution in [1.82, 2.24) is 4.90 Å². The summed E-state index contributed by atoms with van der Waals surface area (Å²) in [6.07, 6.45) is 0. The molecule has 0 aliphatic carbocycles. The molecule has 0 aromatic carbocycles. The van der Waals surface area contributed by atoms with Gasteiger partial charge in [-0.25, -0.2) is 0 Å². The van der Waals surface area contributed by atoms with Crippen LogP contribution in [0.3, 0.4) is 0 Å². The number of esters is 1. The minimum Gasteiger partial charge on any atom is -0.469 e. The molecule has 2 unspecified atom stereocenters. The van der Waals surface area contributed by atoms with Crippen molar-refractivity contribution in [2.45, 2.75) is 26.4 Å². The molecule has 1 aliphatic heterocycles. The summed E-state index contributed by atoms with van der Waals surface area (Å²) >= 11 is 0. The summed E-state index contributed by atoms with van der Waals surface area (Å²) in [5.74, 6) is 0.123. The minimum absolute atomic E-state index is 0.0441. The third kappa shape index (κ3) is 3.47. The average molecular weight is 215 g/mol. The lowest BCUT2D eigenvalue weighted by molar-refractivity contribution is -0.146. The number of β-amino-alcohol motifs (C(OH)–C–C–N with tert-alkyl or cyclic N) is 1. The molecule has 1 heterocycles. The Morgan fingerprint density at radius 1 is 1.53 bits per heavy atom. The first-order valence-corrected chi connectivity index (χ1v) is 5.36. The van der Waals surface area contributed by atoms with Gasteiger partial charge in [0, 0.05) is 19.6 Å². The maximum absolute atomic E-state index is 11.4. The quantitative estimate of drug-likeness (QED) is 0.696. The van der Waals surface area contributed by atoms with Crippen molar-refractivity contribution in [3.63, 3.8) is 0 Å². The highest BCUT2D eigenvalue weighted by Crippen LogP contribution is 2.25. The Bertz CT molecular complexity index is 234. The highest BCUT2D eigenvalue weighted by atomic mass is 16.5. The van der Waals surface area contributed by atoms with Crippen LogP contribution in [0, 0.1) is 11.8 Å². The molecular formula is C11H21NO3. The minimum atomic E-state index is -0.704. The number of rotatable bonds is 3. The number of carbonyl (C=O) groups excluding carboxylic acids is 1. The van der Waals surface area contributed by atoms with Crippen molar-refractivity contribution in [3.8, 4) is 0 Å². The number of likely N-dealkylation sites (tertiary alicyclic amines) is 1. The standard InChI is InChI=1S/C11H21NO3/c1-8-5-12(7-11(2,3)14)6-9(8)10(13)15-4/h8-9,14H,5-7H2,1-4H3. The largest absolute Gasteiger partial charge is 0.469 e. The molecule has 1 N–H and O–H groups in total. The van der Waals surface area contributed by atoms with Gasteiger partial charge in [0.05, 0.1) is 18.6 Å². The van der Waals surface area contributed by atoms with Crippen molar-refractivity contribution < 1.29 is 14.6 Å². The summed E-state index contributed by atoms with van der Waals surface area (Å²) in [5.41, 5.74) is -0.704. The molecule has 0 saturated carbocycles. The highest BCUT2D eigenvalue weighted by molar-refractivity contribution is 5.73. The molecule has 1 saturated heterocycles. The lowest BCUT2D eigenvalue weighted by Gasteiger charge is -2.24. The Balaban J connectivity index is 2.52. The molecule has 0 aromatic rings. The second-order valence-corrected chi connectivity index (χ2v) is 5.11. The van der Waals surface area contributed by atoms with Gasteiger partial charge in [0.1, 0.15) is 0 Å². The van der Waals surface area contributed by atoms with Crippen LogP contribution < -0.4 is 0 Å². The molecule has 1 rings (SSSR count). The number of ether oxygens (including phenoxy) is 1.